The van der Waals surface area contributed by atoms with Crippen molar-refractivity contribution in [3.05, 3.63) is 42.1 Å². The molecule has 1 aromatic carbocycles. The van der Waals surface area contributed by atoms with Gasteiger partial charge < -0.3 is 14.7 Å². The van der Waals surface area contributed by atoms with Crippen LogP contribution in [-0.4, -0.2) is 48.9 Å². The van der Waals surface area contributed by atoms with Gasteiger partial charge >= 0.3 is 6.09 Å². The first kappa shape index (κ1) is 17.7. The van der Waals surface area contributed by atoms with E-state index in [1.165, 1.54) is 23.4 Å². The fraction of sp³-hybridized carbons (Fsp3) is 0.278. The first-order valence-corrected chi connectivity index (χ1v) is 8.60. The number of benzene rings is 1. The maximum atomic E-state index is 14.1. The van der Waals surface area contributed by atoms with Crippen molar-refractivity contribution in [2.45, 2.75) is 18.9 Å². The van der Waals surface area contributed by atoms with Crippen molar-refractivity contribution >= 4 is 17.1 Å². The SMILES string of the molecule is N#Cc1ccc(Oc2ncnc3c2cnn3C2CCN(C(=O)O)CC2)c(F)c1. The summed E-state index contributed by atoms with van der Waals surface area (Å²) in [5, 5.41) is 22.8. The number of rotatable bonds is 3. The van der Waals surface area contributed by atoms with Crippen LogP contribution in [0.3, 0.4) is 0 Å². The highest BCUT2D eigenvalue weighted by Gasteiger charge is 2.26. The number of ether oxygens (including phenoxy) is 1. The molecule has 2 aromatic heterocycles. The normalized spacial score (nSPS) is 14.8. The Hall–Kier alpha value is -3.74. The third kappa shape index (κ3) is 3.18. The number of piperidine rings is 1. The van der Waals surface area contributed by atoms with E-state index in [1.54, 1.807) is 10.9 Å². The zero-order valence-electron chi connectivity index (χ0n) is 14.6. The molecule has 4 rings (SSSR count). The zero-order valence-corrected chi connectivity index (χ0v) is 14.6. The van der Waals surface area contributed by atoms with E-state index in [1.807, 2.05) is 6.07 Å². The molecule has 142 valence electrons. The van der Waals surface area contributed by atoms with E-state index in [0.29, 0.717) is 37.0 Å². The van der Waals surface area contributed by atoms with E-state index in [2.05, 4.69) is 15.1 Å². The lowest BCUT2D eigenvalue weighted by atomic mass is 10.1. The molecule has 0 aliphatic carbocycles. The second kappa shape index (κ2) is 7.11. The monoisotopic (exact) mass is 382 g/mol. The quantitative estimate of drug-likeness (QED) is 0.740. The van der Waals surface area contributed by atoms with Crippen molar-refractivity contribution in [1.82, 2.24) is 24.6 Å². The molecule has 1 saturated heterocycles. The number of nitriles is 1. The van der Waals surface area contributed by atoms with Gasteiger partial charge in [0.05, 0.1) is 23.9 Å². The second-order valence-electron chi connectivity index (χ2n) is 6.37. The van der Waals surface area contributed by atoms with Gasteiger partial charge in [0.15, 0.2) is 17.2 Å². The predicted molar refractivity (Wildman–Crippen MR) is 94.4 cm³/mol. The van der Waals surface area contributed by atoms with E-state index in [-0.39, 0.29) is 23.2 Å². The third-order valence-electron chi connectivity index (χ3n) is 4.70. The minimum Gasteiger partial charge on any atom is -0.465 e. The van der Waals surface area contributed by atoms with Crippen molar-refractivity contribution in [1.29, 1.82) is 5.26 Å². The number of carboxylic acid groups (broad SMARTS) is 1. The van der Waals surface area contributed by atoms with Gasteiger partial charge in [-0.25, -0.2) is 23.8 Å². The smallest absolute Gasteiger partial charge is 0.407 e. The van der Waals surface area contributed by atoms with Crippen LogP contribution in [0.4, 0.5) is 9.18 Å². The van der Waals surface area contributed by atoms with Crippen LogP contribution < -0.4 is 4.74 Å². The number of nitrogens with zero attached hydrogens (tertiary/aromatic N) is 6. The van der Waals surface area contributed by atoms with E-state index < -0.39 is 11.9 Å². The first-order valence-electron chi connectivity index (χ1n) is 8.60. The summed E-state index contributed by atoms with van der Waals surface area (Å²) in [6.45, 7) is 0.846. The van der Waals surface area contributed by atoms with Gasteiger partial charge in [-0.05, 0) is 31.0 Å². The molecular weight excluding hydrogens is 367 g/mol. The van der Waals surface area contributed by atoms with Gasteiger partial charge in [0.25, 0.3) is 0 Å². The van der Waals surface area contributed by atoms with Crippen LogP contribution in [0.25, 0.3) is 11.0 Å². The highest BCUT2D eigenvalue weighted by atomic mass is 19.1. The number of hydrogen-bond donors (Lipinski definition) is 1. The molecule has 0 atom stereocenters. The van der Waals surface area contributed by atoms with Crippen molar-refractivity contribution in [2.75, 3.05) is 13.1 Å². The van der Waals surface area contributed by atoms with Gasteiger partial charge in [-0.2, -0.15) is 10.4 Å². The molecule has 1 aliphatic rings. The van der Waals surface area contributed by atoms with Crippen molar-refractivity contribution in [3.8, 4) is 17.7 Å². The van der Waals surface area contributed by atoms with E-state index in [4.69, 9.17) is 15.1 Å². The number of amides is 1. The van der Waals surface area contributed by atoms with Crippen LogP contribution in [-0.2, 0) is 0 Å². The molecule has 1 aliphatic heterocycles. The number of halogens is 1. The summed E-state index contributed by atoms with van der Waals surface area (Å²) in [5.74, 6) is -0.566. The number of aromatic nitrogens is 4. The molecule has 1 N–H and O–H groups in total. The summed E-state index contributed by atoms with van der Waals surface area (Å²) < 4.78 is 21.5. The summed E-state index contributed by atoms with van der Waals surface area (Å²) in [4.78, 5) is 20.8. The lowest BCUT2D eigenvalue weighted by molar-refractivity contribution is 0.124. The van der Waals surface area contributed by atoms with E-state index >= 15 is 0 Å². The Morgan fingerprint density at radius 1 is 1.32 bits per heavy atom. The lowest BCUT2D eigenvalue weighted by Gasteiger charge is -2.30. The molecule has 0 unspecified atom stereocenters. The largest absolute Gasteiger partial charge is 0.465 e. The third-order valence-corrected chi connectivity index (χ3v) is 4.70. The summed E-state index contributed by atoms with van der Waals surface area (Å²) >= 11 is 0. The molecule has 1 fully saturated rings. The van der Waals surface area contributed by atoms with Crippen LogP contribution in [0.2, 0.25) is 0 Å². The van der Waals surface area contributed by atoms with Gasteiger partial charge in [-0.15, -0.1) is 0 Å². The topological polar surface area (TPSA) is 117 Å². The van der Waals surface area contributed by atoms with Gasteiger partial charge in [-0.3, -0.25) is 0 Å². The fourth-order valence-electron chi connectivity index (χ4n) is 3.25. The summed E-state index contributed by atoms with van der Waals surface area (Å²) in [6.07, 6.45) is 3.17. The minimum absolute atomic E-state index is 0.00231. The Bertz CT molecular complexity index is 1080. The number of likely N-dealkylation sites (tertiary alicyclic amines) is 1. The molecule has 28 heavy (non-hydrogen) atoms. The van der Waals surface area contributed by atoms with Gasteiger partial charge in [0, 0.05) is 13.1 Å². The second-order valence-corrected chi connectivity index (χ2v) is 6.37. The predicted octanol–water partition coefficient (Wildman–Crippen LogP) is 2.94. The van der Waals surface area contributed by atoms with Crippen LogP contribution in [0.5, 0.6) is 11.6 Å². The Balaban J connectivity index is 1.61. The maximum absolute atomic E-state index is 14.1. The Kier molecular flexibility index (Phi) is 4.49. The van der Waals surface area contributed by atoms with Crippen LogP contribution in [0.15, 0.2) is 30.7 Å². The number of carbonyl (C=O) groups is 1. The molecule has 3 aromatic rings. The summed E-state index contributed by atoms with van der Waals surface area (Å²) in [6, 6.07) is 5.78. The van der Waals surface area contributed by atoms with E-state index in [9.17, 15) is 9.18 Å². The number of fused-ring (bicyclic) bond motifs is 1. The summed E-state index contributed by atoms with van der Waals surface area (Å²) in [7, 11) is 0. The average Bonchev–Trinajstić information content (AvgIpc) is 3.14. The zero-order chi connectivity index (χ0) is 19.7. The highest BCUT2D eigenvalue weighted by molar-refractivity contribution is 5.80. The van der Waals surface area contributed by atoms with Gasteiger partial charge in [0.2, 0.25) is 5.88 Å². The molecule has 9 nitrogen and oxygen atoms in total. The maximum Gasteiger partial charge on any atom is 0.407 e. The molecular formula is C18H15FN6O3. The Labute approximate surface area is 158 Å². The standard InChI is InChI=1S/C18H15FN6O3/c19-14-7-11(8-20)1-2-15(14)28-17-13-9-23-25(16(13)21-10-22-17)12-3-5-24(6-4-12)18(26)27/h1-2,7,9-10,12H,3-6H2,(H,26,27). The van der Waals surface area contributed by atoms with Crippen LogP contribution in [0.1, 0.15) is 24.4 Å². The molecule has 3 heterocycles. The lowest BCUT2D eigenvalue weighted by Crippen LogP contribution is -2.38. The summed E-state index contributed by atoms with van der Waals surface area (Å²) in [5.41, 5.74) is 0.728. The minimum atomic E-state index is -0.925. The molecule has 0 radical (unpaired) electrons. The van der Waals surface area contributed by atoms with Crippen molar-refractivity contribution < 1.29 is 19.0 Å². The molecule has 1 amide bonds. The fourth-order valence-corrected chi connectivity index (χ4v) is 3.25. The first-order chi connectivity index (χ1) is 13.6. The van der Waals surface area contributed by atoms with Crippen molar-refractivity contribution in [3.63, 3.8) is 0 Å². The van der Waals surface area contributed by atoms with Crippen molar-refractivity contribution in [2.24, 2.45) is 0 Å². The molecule has 0 saturated carbocycles. The number of hydrogen-bond acceptors (Lipinski definition) is 6. The molecule has 0 spiro atoms. The van der Waals surface area contributed by atoms with Gasteiger partial charge in [0.1, 0.15) is 11.7 Å². The van der Waals surface area contributed by atoms with E-state index in [0.717, 1.165) is 6.07 Å². The molecule has 0 bridgehead atoms. The van der Waals surface area contributed by atoms with Gasteiger partial charge in [-0.1, -0.05) is 0 Å². The average molecular weight is 382 g/mol. The van der Waals surface area contributed by atoms with Crippen LogP contribution in [0, 0.1) is 17.1 Å². The Morgan fingerprint density at radius 3 is 2.79 bits per heavy atom. The van der Waals surface area contributed by atoms with Crippen LogP contribution >= 0.6 is 0 Å². The Morgan fingerprint density at radius 2 is 2.11 bits per heavy atom. The molecule has 10 heteroatoms. The highest BCUT2D eigenvalue weighted by Crippen LogP contribution is 2.31.